The summed E-state index contributed by atoms with van der Waals surface area (Å²) in [5, 5.41) is 7.58. The molecule has 0 radical (unpaired) electrons. The number of aryl methyl sites for hydroxylation is 1. The van der Waals surface area contributed by atoms with Crippen LogP contribution >= 0.6 is 0 Å². The lowest BCUT2D eigenvalue weighted by atomic mass is 10.0. The smallest absolute Gasteiger partial charge is 0.228 e. The lowest BCUT2D eigenvalue weighted by Crippen LogP contribution is -2.36. The summed E-state index contributed by atoms with van der Waals surface area (Å²) < 4.78 is 5.38. The van der Waals surface area contributed by atoms with Crippen molar-refractivity contribution < 1.29 is 4.52 Å². The van der Waals surface area contributed by atoms with E-state index in [0.29, 0.717) is 23.7 Å². The first-order valence-corrected chi connectivity index (χ1v) is 7.60. The molecule has 0 aliphatic heterocycles. The third-order valence-electron chi connectivity index (χ3n) is 3.44. The van der Waals surface area contributed by atoms with Gasteiger partial charge in [-0.1, -0.05) is 32.0 Å². The monoisotopic (exact) mass is 288 g/mol. The SMILES string of the molecule is CCCNC(Cc1nc(-c2cccc(C)n2)no1)C(C)C. The summed E-state index contributed by atoms with van der Waals surface area (Å²) in [5.74, 6) is 1.74. The van der Waals surface area contributed by atoms with Crippen molar-refractivity contribution in [3.63, 3.8) is 0 Å². The van der Waals surface area contributed by atoms with Crippen LogP contribution in [0.15, 0.2) is 22.7 Å². The number of rotatable bonds is 7. The number of nitrogens with zero attached hydrogens (tertiary/aromatic N) is 3. The molecule has 0 aromatic carbocycles. The zero-order valence-electron chi connectivity index (χ0n) is 13.3. The van der Waals surface area contributed by atoms with Gasteiger partial charge in [0, 0.05) is 18.2 Å². The summed E-state index contributed by atoms with van der Waals surface area (Å²) in [4.78, 5) is 8.89. The highest BCUT2D eigenvalue weighted by molar-refractivity contribution is 5.47. The molecule has 21 heavy (non-hydrogen) atoms. The van der Waals surface area contributed by atoms with Crippen molar-refractivity contribution in [3.05, 3.63) is 29.8 Å². The fourth-order valence-electron chi connectivity index (χ4n) is 2.17. The Morgan fingerprint density at radius 3 is 2.71 bits per heavy atom. The molecule has 0 amide bonds. The molecule has 2 rings (SSSR count). The standard InChI is InChI=1S/C16H24N4O/c1-5-9-17-14(11(2)3)10-15-19-16(20-21-15)13-8-6-7-12(4)18-13/h6-8,11,14,17H,5,9-10H2,1-4H3. The van der Waals surface area contributed by atoms with Gasteiger partial charge in [0.15, 0.2) is 0 Å². The maximum atomic E-state index is 5.38. The number of nitrogens with one attached hydrogen (secondary N) is 1. The van der Waals surface area contributed by atoms with Crippen molar-refractivity contribution in [3.8, 4) is 11.5 Å². The molecule has 0 bridgehead atoms. The molecule has 2 aromatic rings. The second kappa shape index (κ2) is 7.31. The van der Waals surface area contributed by atoms with Gasteiger partial charge in [-0.25, -0.2) is 4.98 Å². The van der Waals surface area contributed by atoms with Gasteiger partial charge >= 0.3 is 0 Å². The molecule has 5 heteroatoms. The quantitative estimate of drug-likeness (QED) is 0.848. The molecule has 0 fully saturated rings. The van der Waals surface area contributed by atoms with Crippen molar-refractivity contribution in [2.75, 3.05) is 6.54 Å². The molecule has 1 unspecified atom stereocenters. The minimum Gasteiger partial charge on any atom is -0.339 e. The molecule has 1 atom stereocenters. The second-order valence-corrected chi connectivity index (χ2v) is 5.68. The Bertz CT molecular complexity index is 565. The van der Waals surface area contributed by atoms with Crippen LogP contribution in [0.25, 0.3) is 11.5 Å². The molecule has 0 spiro atoms. The number of hydrogen-bond acceptors (Lipinski definition) is 5. The molecule has 2 aromatic heterocycles. The van der Waals surface area contributed by atoms with E-state index in [9.17, 15) is 0 Å². The fourth-order valence-corrected chi connectivity index (χ4v) is 2.17. The van der Waals surface area contributed by atoms with Crippen LogP contribution in [0.4, 0.5) is 0 Å². The van der Waals surface area contributed by atoms with E-state index < -0.39 is 0 Å². The summed E-state index contributed by atoms with van der Waals surface area (Å²) in [5.41, 5.74) is 1.70. The van der Waals surface area contributed by atoms with E-state index in [2.05, 4.69) is 41.2 Å². The molecule has 5 nitrogen and oxygen atoms in total. The molecule has 0 aliphatic carbocycles. The summed E-state index contributed by atoms with van der Waals surface area (Å²) in [6, 6.07) is 6.15. The summed E-state index contributed by atoms with van der Waals surface area (Å²) >= 11 is 0. The Balaban J connectivity index is 2.08. The van der Waals surface area contributed by atoms with Gasteiger partial charge in [0.2, 0.25) is 11.7 Å². The average Bonchev–Trinajstić information content (AvgIpc) is 2.91. The lowest BCUT2D eigenvalue weighted by molar-refractivity contribution is 0.326. The van der Waals surface area contributed by atoms with E-state index in [1.54, 1.807) is 0 Å². The minimum atomic E-state index is 0.351. The highest BCUT2D eigenvalue weighted by Crippen LogP contribution is 2.15. The summed E-state index contributed by atoms with van der Waals surface area (Å²) in [6.07, 6.45) is 1.86. The van der Waals surface area contributed by atoms with E-state index in [4.69, 9.17) is 4.52 Å². The average molecular weight is 288 g/mol. The Morgan fingerprint density at radius 1 is 1.24 bits per heavy atom. The highest BCUT2D eigenvalue weighted by atomic mass is 16.5. The maximum absolute atomic E-state index is 5.38. The number of pyridine rings is 1. The van der Waals surface area contributed by atoms with E-state index in [-0.39, 0.29) is 0 Å². The number of aromatic nitrogens is 3. The van der Waals surface area contributed by atoms with Gasteiger partial charge in [-0.15, -0.1) is 0 Å². The van der Waals surface area contributed by atoms with Gasteiger partial charge in [-0.3, -0.25) is 0 Å². The van der Waals surface area contributed by atoms with Crippen molar-refractivity contribution in [1.29, 1.82) is 0 Å². The van der Waals surface area contributed by atoms with E-state index in [0.717, 1.165) is 30.8 Å². The highest BCUT2D eigenvalue weighted by Gasteiger charge is 2.18. The molecular formula is C16H24N4O. The zero-order chi connectivity index (χ0) is 15.2. The van der Waals surface area contributed by atoms with Gasteiger partial charge in [-0.05, 0) is 37.9 Å². The Kier molecular flexibility index (Phi) is 5.44. The van der Waals surface area contributed by atoms with Crippen LogP contribution in [-0.4, -0.2) is 27.7 Å². The third-order valence-corrected chi connectivity index (χ3v) is 3.44. The molecule has 0 saturated carbocycles. The van der Waals surface area contributed by atoms with Crippen LogP contribution in [-0.2, 0) is 6.42 Å². The van der Waals surface area contributed by atoms with E-state index in [1.165, 1.54) is 0 Å². The van der Waals surface area contributed by atoms with Crippen molar-refractivity contribution in [2.45, 2.75) is 46.6 Å². The van der Waals surface area contributed by atoms with Gasteiger partial charge in [0.1, 0.15) is 5.69 Å². The molecular weight excluding hydrogens is 264 g/mol. The van der Waals surface area contributed by atoms with Crippen LogP contribution in [0.3, 0.4) is 0 Å². The largest absolute Gasteiger partial charge is 0.339 e. The minimum absolute atomic E-state index is 0.351. The topological polar surface area (TPSA) is 63.8 Å². The van der Waals surface area contributed by atoms with Crippen LogP contribution in [0.1, 0.15) is 38.8 Å². The predicted octanol–water partition coefficient (Wildman–Crippen LogP) is 3.01. The van der Waals surface area contributed by atoms with Gasteiger partial charge in [-0.2, -0.15) is 4.98 Å². The van der Waals surface area contributed by atoms with Gasteiger partial charge in [0.05, 0.1) is 0 Å². The summed E-state index contributed by atoms with van der Waals surface area (Å²) in [7, 11) is 0. The Morgan fingerprint density at radius 2 is 2.05 bits per heavy atom. The van der Waals surface area contributed by atoms with E-state index >= 15 is 0 Å². The van der Waals surface area contributed by atoms with Crippen LogP contribution in [0, 0.1) is 12.8 Å². The van der Waals surface area contributed by atoms with Gasteiger partial charge < -0.3 is 9.84 Å². The predicted molar refractivity (Wildman–Crippen MR) is 82.9 cm³/mol. The molecule has 0 saturated heterocycles. The second-order valence-electron chi connectivity index (χ2n) is 5.68. The van der Waals surface area contributed by atoms with Crippen molar-refractivity contribution in [1.82, 2.24) is 20.4 Å². The van der Waals surface area contributed by atoms with Crippen LogP contribution < -0.4 is 5.32 Å². The summed E-state index contributed by atoms with van der Waals surface area (Å²) in [6.45, 7) is 9.52. The normalized spacial score (nSPS) is 12.8. The molecule has 114 valence electrons. The Labute approximate surface area is 126 Å². The Hall–Kier alpha value is -1.75. The zero-order valence-corrected chi connectivity index (χ0v) is 13.3. The van der Waals surface area contributed by atoms with Crippen molar-refractivity contribution in [2.24, 2.45) is 5.92 Å². The number of hydrogen-bond donors (Lipinski definition) is 1. The first-order chi connectivity index (χ1) is 10.1. The molecule has 2 heterocycles. The first-order valence-electron chi connectivity index (χ1n) is 7.60. The first kappa shape index (κ1) is 15.6. The lowest BCUT2D eigenvalue weighted by Gasteiger charge is -2.20. The third kappa shape index (κ3) is 4.36. The maximum Gasteiger partial charge on any atom is 0.228 e. The fraction of sp³-hybridized carbons (Fsp3) is 0.562. The van der Waals surface area contributed by atoms with Crippen LogP contribution in [0.5, 0.6) is 0 Å². The molecule has 1 N–H and O–H groups in total. The molecule has 0 aliphatic rings. The van der Waals surface area contributed by atoms with Crippen LogP contribution in [0.2, 0.25) is 0 Å². The van der Waals surface area contributed by atoms with Gasteiger partial charge in [0.25, 0.3) is 0 Å². The van der Waals surface area contributed by atoms with E-state index in [1.807, 2.05) is 25.1 Å². The van der Waals surface area contributed by atoms with Crippen molar-refractivity contribution >= 4 is 0 Å².